The molecule has 0 aliphatic heterocycles. The lowest BCUT2D eigenvalue weighted by atomic mass is 9.94. The van der Waals surface area contributed by atoms with Crippen LogP contribution in [0.4, 0.5) is 0 Å². The predicted molar refractivity (Wildman–Crippen MR) is 39.7 cm³/mol. The van der Waals surface area contributed by atoms with E-state index in [0.29, 0.717) is 6.42 Å². The molecule has 0 saturated heterocycles. The third-order valence-corrected chi connectivity index (χ3v) is 0.837. The van der Waals surface area contributed by atoms with Crippen LogP contribution >= 0.6 is 0 Å². The van der Waals surface area contributed by atoms with E-state index in [1.165, 1.54) is 0 Å². The van der Waals surface area contributed by atoms with E-state index in [1.54, 1.807) is 6.92 Å². The normalized spacial score (nSPS) is 14.0. The second-order valence-corrected chi connectivity index (χ2v) is 3.67. The lowest BCUT2D eigenvalue weighted by Gasteiger charge is -2.28. The van der Waals surface area contributed by atoms with Gasteiger partial charge in [0.2, 0.25) is 0 Å². The molecule has 9 heavy (non-hydrogen) atoms. The van der Waals surface area contributed by atoms with Crippen molar-refractivity contribution in [3.63, 3.8) is 0 Å². The number of hydrogen-bond acceptors (Lipinski definition) is 3. The Morgan fingerprint density at radius 1 is 1.00 bits per heavy atom. The average molecular weight is 131 g/mol. The van der Waals surface area contributed by atoms with Gasteiger partial charge in [0.05, 0.1) is 5.66 Å². The van der Waals surface area contributed by atoms with Crippen LogP contribution in [0.15, 0.2) is 0 Å². The summed E-state index contributed by atoms with van der Waals surface area (Å²) in [6, 6.07) is 0. The van der Waals surface area contributed by atoms with Crippen LogP contribution in [-0.2, 0) is 0 Å². The highest BCUT2D eigenvalue weighted by Crippen LogP contribution is 2.09. The van der Waals surface area contributed by atoms with Gasteiger partial charge in [0, 0.05) is 5.54 Å². The van der Waals surface area contributed by atoms with E-state index in [9.17, 15) is 0 Å². The molecule has 0 bridgehead atoms. The van der Waals surface area contributed by atoms with Gasteiger partial charge in [-0.05, 0) is 27.2 Å². The van der Waals surface area contributed by atoms with Crippen molar-refractivity contribution in [1.29, 1.82) is 0 Å². The van der Waals surface area contributed by atoms with Crippen molar-refractivity contribution < 1.29 is 0 Å². The van der Waals surface area contributed by atoms with E-state index in [2.05, 4.69) is 0 Å². The van der Waals surface area contributed by atoms with Crippen molar-refractivity contribution in [2.45, 2.75) is 38.4 Å². The fourth-order valence-electron chi connectivity index (χ4n) is 0.982. The summed E-state index contributed by atoms with van der Waals surface area (Å²) in [5.74, 6) is 0. The lowest BCUT2D eigenvalue weighted by Crippen LogP contribution is -2.53. The molecule has 6 N–H and O–H groups in total. The molecular formula is C6H17N3. The average Bonchev–Trinajstić information content (AvgIpc) is 1.14. The maximum absolute atomic E-state index is 5.66. The molecule has 0 aromatic rings. The molecule has 0 atom stereocenters. The zero-order valence-electron chi connectivity index (χ0n) is 6.44. The third-order valence-electron chi connectivity index (χ3n) is 0.837. The van der Waals surface area contributed by atoms with Gasteiger partial charge >= 0.3 is 0 Å². The van der Waals surface area contributed by atoms with E-state index in [-0.39, 0.29) is 5.54 Å². The van der Waals surface area contributed by atoms with Crippen molar-refractivity contribution in [3.05, 3.63) is 0 Å². The van der Waals surface area contributed by atoms with Crippen molar-refractivity contribution in [3.8, 4) is 0 Å². The van der Waals surface area contributed by atoms with E-state index >= 15 is 0 Å². The Morgan fingerprint density at radius 3 is 1.33 bits per heavy atom. The summed E-state index contributed by atoms with van der Waals surface area (Å²) in [7, 11) is 0. The van der Waals surface area contributed by atoms with Gasteiger partial charge in [-0.3, -0.25) is 0 Å². The number of nitrogens with two attached hydrogens (primary N) is 3. The highest BCUT2D eigenvalue weighted by Gasteiger charge is 2.21. The Bertz CT molecular complexity index is 73.5. The second-order valence-electron chi connectivity index (χ2n) is 3.67. The van der Waals surface area contributed by atoms with Crippen LogP contribution in [-0.4, -0.2) is 11.2 Å². The molecule has 0 spiro atoms. The molecule has 0 aliphatic carbocycles. The minimum absolute atomic E-state index is 0.266. The van der Waals surface area contributed by atoms with Gasteiger partial charge in [0.1, 0.15) is 0 Å². The zero-order chi connectivity index (χ0) is 7.71. The third kappa shape index (κ3) is 7.88. The summed E-state index contributed by atoms with van der Waals surface area (Å²) >= 11 is 0. The first-order valence-electron chi connectivity index (χ1n) is 3.07. The summed E-state index contributed by atoms with van der Waals surface area (Å²) in [6.45, 7) is 5.58. The SMILES string of the molecule is CC(C)(N)CC(C)(N)N. The van der Waals surface area contributed by atoms with E-state index < -0.39 is 5.66 Å². The van der Waals surface area contributed by atoms with Gasteiger partial charge < -0.3 is 17.2 Å². The van der Waals surface area contributed by atoms with Crippen LogP contribution in [0.3, 0.4) is 0 Å². The van der Waals surface area contributed by atoms with E-state index in [1.807, 2.05) is 13.8 Å². The van der Waals surface area contributed by atoms with E-state index in [4.69, 9.17) is 17.2 Å². The maximum atomic E-state index is 5.66. The largest absolute Gasteiger partial charge is 0.325 e. The number of rotatable bonds is 2. The van der Waals surface area contributed by atoms with Gasteiger partial charge in [0.15, 0.2) is 0 Å². The topological polar surface area (TPSA) is 78.1 Å². The van der Waals surface area contributed by atoms with Crippen molar-refractivity contribution in [2.24, 2.45) is 17.2 Å². The number of hydrogen-bond donors (Lipinski definition) is 3. The predicted octanol–water partition coefficient (Wildman–Crippen LogP) is -0.253. The van der Waals surface area contributed by atoms with Crippen LogP contribution < -0.4 is 17.2 Å². The summed E-state index contributed by atoms with van der Waals surface area (Å²) < 4.78 is 0. The Kier molecular flexibility index (Phi) is 2.22. The highest BCUT2D eigenvalue weighted by atomic mass is 15.0. The van der Waals surface area contributed by atoms with Crippen molar-refractivity contribution >= 4 is 0 Å². The Balaban J connectivity index is 3.75. The van der Waals surface area contributed by atoms with Gasteiger partial charge in [-0.1, -0.05) is 0 Å². The molecule has 0 saturated carbocycles. The summed E-state index contributed by atoms with van der Waals surface area (Å²) in [5.41, 5.74) is 15.8. The van der Waals surface area contributed by atoms with Crippen molar-refractivity contribution in [2.75, 3.05) is 0 Å². The van der Waals surface area contributed by atoms with Gasteiger partial charge in [-0.15, -0.1) is 0 Å². The minimum atomic E-state index is -0.641. The smallest absolute Gasteiger partial charge is 0.0625 e. The van der Waals surface area contributed by atoms with Crippen LogP contribution in [0.2, 0.25) is 0 Å². The first-order valence-corrected chi connectivity index (χ1v) is 3.07. The quantitative estimate of drug-likeness (QED) is 0.452. The van der Waals surface area contributed by atoms with Crippen LogP contribution in [0, 0.1) is 0 Å². The first kappa shape index (κ1) is 8.88. The summed E-state index contributed by atoms with van der Waals surface area (Å²) in [5, 5.41) is 0. The molecule has 0 rings (SSSR count). The molecule has 0 fully saturated rings. The minimum Gasteiger partial charge on any atom is -0.325 e. The molecule has 0 aromatic carbocycles. The molecular weight excluding hydrogens is 114 g/mol. The van der Waals surface area contributed by atoms with Crippen LogP contribution in [0.25, 0.3) is 0 Å². The zero-order valence-corrected chi connectivity index (χ0v) is 6.44. The Morgan fingerprint density at radius 2 is 1.33 bits per heavy atom. The fourth-order valence-corrected chi connectivity index (χ4v) is 0.982. The molecule has 0 heterocycles. The van der Waals surface area contributed by atoms with Gasteiger partial charge in [-0.2, -0.15) is 0 Å². The molecule has 0 aliphatic rings. The van der Waals surface area contributed by atoms with Gasteiger partial charge in [-0.25, -0.2) is 0 Å². The first-order chi connectivity index (χ1) is 3.71. The highest BCUT2D eigenvalue weighted by molar-refractivity contribution is 4.83. The summed E-state index contributed by atoms with van der Waals surface area (Å²) in [4.78, 5) is 0. The molecule has 0 aromatic heterocycles. The van der Waals surface area contributed by atoms with Crippen LogP contribution in [0.5, 0.6) is 0 Å². The van der Waals surface area contributed by atoms with Gasteiger partial charge in [0.25, 0.3) is 0 Å². The molecule has 0 radical (unpaired) electrons. The molecule has 56 valence electrons. The van der Waals surface area contributed by atoms with Crippen molar-refractivity contribution in [1.82, 2.24) is 0 Å². The second kappa shape index (κ2) is 2.25. The maximum Gasteiger partial charge on any atom is 0.0625 e. The van der Waals surface area contributed by atoms with Crippen LogP contribution in [0.1, 0.15) is 27.2 Å². The molecule has 3 heteroatoms. The molecule has 3 nitrogen and oxygen atoms in total. The standard InChI is InChI=1S/C6H17N3/c1-5(2,7)4-6(3,8)9/h4,7-9H2,1-3H3. The summed E-state index contributed by atoms with van der Waals surface area (Å²) in [6.07, 6.45) is 0.625. The van der Waals surface area contributed by atoms with E-state index in [0.717, 1.165) is 0 Å². The molecule has 0 amide bonds. The fraction of sp³-hybridized carbons (Fsp3) is 1.00. The Hall–Kier alpha value is -0.120. The monoisotopic (exact) mass is 131 g/mol. The Labute approximate surface area is 56.6 Å². The lowest BCUT2D eigenvalue weighted by molar-refractivity contribution is 0.338. The molecule has 0 unspecified atom stereocenters.